The quantitative estimate of drug-likeness (QED) is 0.731. The van der Waals surface area contributed by atoms with E-state index >= 15 is 0 Å². The Bertz CT molecular complexity index is 878. The minimum atomic E-state index is 0.343. The van der Waals surface area contributed by atoms with Crippen LogP contribution in [0.5, 0.6) is 0 Å². The van der Waals surface area contributed by atoms with Gasteiger partial charge in [-0.05, 0) is 25.1 Å². The van der Waals surface area contributed by atoms with Gasteiger partial charge in [-0.15, -0.1) is 5.10 Å². The molecule has 130 valence electrons. The van der Waals surface area contributed by atoms with E-state index in [4.69, 9.17) is 10.1 Å². The topological polar surface area (TPSA) is 62.5 Å². The Balaban J connectivity index is 1.47. The molecular weight excluding hydrogens is 314 g/mol. The molecule has 3 aromatic rings. The highest BCUT2D eigenvalue weighted by Crippen LogP contribution is 2.19. The smallest absolute Gasteiger partial charge is 0.153 e. The lowest BCUT2D eigenvalue weighted by Crippen LogP contribution is -2.47. The molecule has 0 spiro atoms. The van der Waals surface area contributed by atoms with Crippen molar-refractivity contribution in [2.24, 2.45) is 0 Å². The molecule has 0 amide bonds. The molecule has 0 atom stereocenters. The van der Waals surface area contributed by atoms with Crippen LogP contribution in [0.15, 0.2) is 30.6 Å². The molecule has 0 aromatic carbocycles. The Labute approximate surface area is 147 Å². The first-order valence-corrected chi connectivity index (χ1v) is 8.76. The molecule has 1 fully saturated rings. The minimum Gasteiger partial charge on any atom is -0.353 e. The second-order valence-corrected chi connectivity index (χ2v) is 6.78. The van der Waals surface area contributed by atoms with Gasteiger partial charge >= 0.3 is 0 Å². The van der Waals surface area contributed by atoms with Crippen molar-refractivity contribution in [3.8, 4) is 0 Å². The van der Waals surface area contributed by atoms with Gasteiger partial charge in [-0.1, -0.05) is 13.8 Å². The monoisotopic (exact) mass is 337 g/mol. The number of nitrogens with zero attached hydrogens (tertiary/aromatic N) is 7. The van der Waals surface area contributed by atoms with Gasteiger partial charge in [0.1, 0.15) is 17.5 Å². The molecule has 7 heteroatoms. The van der Waals surface area contributed by atoms with E-state index < -0.39 is 0 Å². The van der Waals surface area contributed by atoms with Gasteiger partial charge in [-0.25, -0.2) is 19.5 Å². The fourth-order valence-electron chi connectivity index (χ4n) is 3.14. The fourth-order valence-corrected chi connectivity index (χ4v) is 3.14. The second kappa shape index (κ2) is 6.31. The minimum absolute atomic E-state index is 0.343. The Hall–Kier alpha value is -2.70. The van der Waals surface area contributed by atoms with Crippen LogP contribution in [0, 0.1) is 6.92 Å². The molecule has 3 aromatic heterocycles. The number of piperazine rings is 1. The highest BCUT2D eigenvalue weighted by Gasteiger charge is 2.20. The second-order valence-electron chi connectivity index (χ2n) is 6.78. The summed E-state index contributed by atoms with van der Waals surface area (Å²) in [5.41, 5.74) is 1.88. The van der Waals surface area contributed by atoms with E-state index in [-0.39, 0.29) is 0 Å². The predicted octanol–water partition coefficient (Wildman–Crippen LogP) is 2.28. The van der Waals surface area contributed by atoms with Crippen molar-refractivity contribution < 1.29 is 0 Å². The van der Waals surface area contributed by atoms with Crippen molar-refractivity contribution in [3.05, 3.63) is 42.1 Å². The molecule has 1 aliphatic heterocycles. The summed E-state index contributed by atoms with van der Waals surface area (Å²) >= 11 is 0. The molecule has 4 rings (SSSR count). The first-order chi connectivity index (χ1) is 12.1. The normalized spacial score (nSPS) is 15.4. The predicted molar refractivity (Wildman–Crippen MR) is 98.3 cm³/mol. The van der Waals surface area contributed by atoms with E-state index in [2.05, 4.69) is 39.7 Å². The van der Waals surface area contributed by atoms with Crippen molar-refractivity contribution in [2.75, 3.05) is 36.0 Å². The molecule has 25 heavy (non-hydrogen) atoms. The molecular formula is C18H23N7. The van der Waals surface area contributed by atoms with E-state index in [1.807, 2.05) is 36.0 Å². The summed E-state index contributed by atoms with van der Waals surface area (Å²) in [6.45, 7) is 9.93. The molecule has 0 N–H and O–H groups in total. The van der Waals surface area contributed by atoms with Crippen LogP contribution in [0.3, 0.4) is 0 Å². The van der Waals surface area contributed by atoms with Crippen LogP contribution < -0.4 is 9.80 Å². The highest BCUT2D eigenvalue weighted by molar-refractivity contribution is 5.48. The van der Waals surface area contributed by atoms with Gasteiger partial charge in [0.05, 0.1) is 11.9 Å². The first kappa shape index (κ1) is 15.8. The van der Waals surface area contributed by atoms with Crippen LogP contribution in [0.2, 0.25) is 0 Å². The van der Waals surface area contributed by atoms with E-state index in [0.717, 1.165) is 55.0 Å². The van der Waals surface area contributed by atoms with Crippen LogP contribution in [0.4, 0.5) is 11.6 Å². The molecule has 0 unspecified atom stereocenters. The van der Waals surface area contributed by atoms with Gasteiger partial charge in [0.2, 0.25) is 0 Å². The van der Waals surface area contributed by atoms with Gasteiger partial charge in [-0.3, -0.25) is 0 Å². The summed E-state index contributed by atoms with van der Waals surface area (Å²) in [5, 5.41) is 4.69. The Kier molecular flexibility index (Phi) is 3.99. The van der Waals surface area contributed by atoms with Gasteiger partial charge < -0.3 is 9.80 Å². The summed E-state index contributed by atoms with van der Waals surface area (Å²) in [7, 11) is 0. The number of aromatic nitrogens is 5. The maximum Gasteiger partial charge on any atom is 0.153 e. The van der Waals surface area contributed by atoms with Crippen molar-refractivity contribution in [1.82, 2.24) is 24.6 Å². The number of aryl methyl sites for hydroxylation is 1. The maximum absolute atomic E-state index is 4.71. The molecule has 0 saturated carbocycles. The molecule has 0 radical (unpaired) electrons. The van der Waals surface area contributed by atoms with Crippen molar-refractivity contribution in [3.63, 3.8) is 0 Å². The average molecular weight is 337 g/mol. The molecule has 7 nitrogen and oxygen atoms in total. The molecule has 0 aliphatic carbocycles. The SMILES string of the molecule is Cc1cn2nc(N3CCN(c4ccnc(C(C)C)n4)CC3)ccc2n1. The standard InChI is InChI=1S/C18H23N7/c1-13(2)18-19-7-6-15(21-18)23-8-10-24(11-9-23)17-5-4-16-20-14(3)12-25(16)22-17/h4-7,12-13H,8-11H2,1-3H3. The van der Waals surface area contributed by atoms with Crippen LogP contribution in [0.1, 0.15) is 31.3 Å². The highest BCUT2D eigenvalue weighted by atomic mass is 15.4. The summed E-state index contributed by atoms with van der Waals surface area (Å²) in [6, 6.07) is 6.08. The number of imidazole rings is 1. The summed E-state index contributed by atoms with van der Waals surface area (Å²) in [5.74, 6) is 3.26. The van der Waals surface area contributed by atoms with Crippen molar-refractivity contribution in [1.29, 1.82) is 0 Å². The van der Waals surface area contributed by atoms with Gasteiger partial charge in [0.25, 0.3) is 0 Å². The third-order valence-corrected chi connectivity index (χ3v) is 4.53. The zero-order valence-electron chi connectivity index (χ0n) is 14.9. The van der Waals surface area contributed by atoms with Crippen LogP contribution in [0.25, 0.3) is 5.65 Å². The summed E-state index contributed by atoms with van der Waals surface area (Å²) in [4.78, 5) is 18.1. The third-order valence-electron chi connectivity index (χ3n) is 4.53. The van der Waals surface area contributed by atoms with Crippen LogP contribution in [-0.4, -0.2) is 50.7 Å². The lowest BCUT2D eigenvalue weighted by Gasteiger charge is -2.36. The maximum atomic E-state index is 4.71. The average Bonchev–Trinajstić information content (AvgIpc) is 3.01. The van der Waals surface area contributed by atoms with Crippen molar-refractivity contribution >= 4 is 17.3 Å². The van der Waals surface area contributed by atoms with Gasteiger partial charge in [0.15, 0.2) is 5.65 Å². The van der Waals surface area contributed by atoms with E-state index in [1.54, 1.807) is 0 Å². The van der Waals surface area contributed by atoms with Crippen LogP contribution in [-0.2, 0) is 0 Å². The largest absolute Gasteiger partial charge is 0.353 e. The van der Waals surface area contributed by atoms with Crippen LogP contribution >= 0.6 is 0 Å². The zero-order chi connectivity index (χ0) is 17.4. The Morgan fingerprint density at radius 3 is 2.36 bits per heavy atom. The Morgan fingerprint density at radius 2 is 1.64 bits per heavy atom. The molecule has 0 bridgehead atoms. The Morgan fingerprint density at radius 1 is 0.920 bits per heavy atom. The molecule has 1 aliphatic rings. The van der Waals surface area contributed by atoms with E-state index in [9.17, 15) is 0 Å². The lowest BCUT2D eigenvalue weighted by molar-refractivity contribution is 0.631. The lowest BCUT2D eigenvalue weighted by atomic mass is 10.2. The number of anilines is 2. The number of hydrogen-bond acceptors (Lipinski definition) is 6. The van der Waals surface area contributed by atoms with E-state index in [1.165, 1.54) is 0 Å². The zero-order valence-corrected chi connectivity index (χ0v) is 14.9. The van der Waals surface area contributed by atoms with Crippen molar-refractivity contribution in [2.45, 2.75) is 26.7 Å². The van der Waals surface area contributed by atoms with Gasteiger partial charge in [-0.2, -0.15) is 0 Å². The summed E-state index contributed by atoms with van der Waals surface area (Å²) < 4.78 is 1.86. The third kappa shape index (κ3) is 3.14. The molecule has 1 saturated heterocycles. The number of fused-ring (bicyclic) bond motifs is 1. The van der Waals surface area contributed by atoms with E-state index in [0.29, 0.717) is 5.92 Å². The fraction of sp³-hybridized carbons (Fsp3) is 0.444. The molecule has 4 heterocycles. The number of hydrogen-bond donors (Lipinski definition) is 0. The summed E-state index contributed by atoms with van der Waals surface area (Å²) in [6.07, 6.45) is 3.82. The van der Waals surface area contributed by atoms with Gasteiger partial charge in [0, 0.05) is 38.3 Å². The first-order valence-electron chi connectivity index (χ1n) is 8.76. The number of rotatable bonds is 3.